The fourth-order valence-electron chi connectivity index (χ4n) is 1.61. The fourth-order valence-corrected chi connectivity index (χ4v) is 1.61. The number of hydrogen-bond acceptors (Lipinski definition) is 5. The molecule has 24 heavy (non-hydrogen) atoms. The quantitative estimate of drug-likeness (QED) is 0.771. The van der Waals surface area contributed by atoms with Crippen LogP contribution in [0.1, 0.15) is 41.5 Å². The molecule has 1 aromatic carbocycles. The molecule has 1 rings (SSSR count). The number of rotatable bonds is 1. The van der Waals surface area contributed by atoms with Crippen LogP contribution in [0.15, 0.2) is 12.1 Å². The van der Waals surface area contributed by atoms with Crippen LogP contribution in [-0.4, -0.2) is 23.4 Å². The number of benzene rings is 1. The normalized spacial score (nSPS) is 11.8. The van der Waals surface area contributed by atoms with E-state index in [-0.39, 0.29) is 0 Å². The number of nitrogens with zero attached hydrogens (tertiary/aromatic N) is 1. The van der Waals surface area contributed by atoms with Gasteiger partial charge in [-0.15, -0.1) is 0 Å². The molecule has 0 saturated carbocycles. The summed E-state index contributed by atoms with van der Waals surface area (Å²) in [5.41, 5.74) is 2.53. The first kappa shape index (κ1) is 19.7. The number of ether oxygens (including phenoxy) is 2. The Morgan fingerprint density at radius 3 is 1.71 bits per heavy atom. The Morgan fingerprint density at radius 2 is 1.33 bits per heavy atom. The molecule has 2 amide bonds. The highest BCUT2D eigenvalue weighted by Crippen LogP contribution is 2.28. The Morgan fingerprint density at radius 1 is 0.917 bits per heavy atom. The van der Waals surface area contributed by atoms with Gasteiger partial charge in [-0.1, -0.05) is 0 Å². The second kappa shape index (κ2) is 6.62. The molecule has 0 unspecified atom stereocenters. The van der Waals surface area contributed by atoms with E-state index in [1.807, 2.05) is 0 Å². The average molecular weight is 344 g/mol. The van der Waals surface area contributed by atoms with Gasteiger partial charge in [0.2, 0.25) is 0 Å². The fraction of sp³-hybridized carbons (Fsp3) is 0.500. The predicted octanol–water partition coefficient (Wildman–Crippen LogP) is 4.22. The maximum absolute atomic E-state index is 14.1. The first-order valence-electron chi connectivity index (χ1n) is 7.22. The second-order valence-electron chi connectivity index (χ2n) is 7.12. The van der Waals surface area contributed by atoms with E-state index >= 15 is 0 Å². The Kier molecular flexibility index (Phi) is 5.43. The molecular weight excluding hydrogens is 322 g/mol. The van der Waals surface area contributed by atoms with Crippen molar-refractivity contribution < 1.29 is 27.8 Å². The topological polar surface area (TPSA) is 81.9 Å². The molecule has 6 nitrogen and oxygen atoms in total. The van der Waals surface area contributed by atoms with Crippen molar-refractivity contribution in [1.82, 2.24) is 0 Å². The highest BCUT2D eigenvalue weighted by molar-refractivity contribution is 6.09. The lowest BCUT2D eigenvalue weighted by Crippen LogP contribution is -2.44. The SMILES string of the molecule is CC(C)(C)OC(=O)N(C(=O)OC(C)(C)C)c1cc(N)c(F)cc1F. The molecule has 0 saturated heterocycles. The van der Waals surface area contributed by atoms with Crippen molar-refractivity contribution in [2.24, 2.45) is 0 Å². The summed E-state index contributed by atoms with van der Waals surface area (Å²) in [6.45, 7) is 9.46. The molecule has 0 radical (unpaired) electrons. The minimum Gasteiger partial charge on any atom is -0.443 e. The summed E-state index contributed by atoms with van der Waals surface area (Å²) in [5, 5.41) is 0. The van der Waals surface area contributed by atoms with E-state index in [1.54, 1.807) is 41.5 Å². The first-order valence-corrected chi connectivity index (χ1v) is 7.22. The largest absolute Gasteiger partial charge is 0.443 e. The van der Waals surface area contributed by atoms with Crippen LogP contribution in [0.25, 0.3) is 0 Å². The van der Waals surface area contributed by atoms with E-state index in [2.05, 4.69) is 0 Å². The third-order valence-electron chi connectivity index (χ3n) is 2.46. The summed E-state index contributed by atoms with van der Waals surface area (Å²) in [4.78, 5) is 25.0. The van der Waals surface area contributed by atoms with Gasteiger partial charge in [-0.2, -0.15) is 4.90 Å². The van der Waals surface area contributed by atoms with E-state index in [4.69, 9.17) is 15.2 Å². The van der Waals surface area contributed by atoms with Crippen LogP contribution < -0.4 is 10.6 Å². The van der Waals surface area contributed by atoms with E-state index in [9.17, 15) is 18.4 Å². The number of halogens is 2. The van der Waals surface area contributed by atoms with Crippen molar-refractivity contribution >= 4 is 23.6 Å². The zero-order valence-electron chi connectivity index (χ0n) is 14.6. The highest BCUT2D eigenvalue weighted by atomic mass is 19.1. The van der Waals surface area contributed by atoms with Gasteiger partial charge in [-0.25, -0.2) is 18.4 Å². The van der Waals surface area contributed by atoms with E-state index in [1.165, 1.54) is 0 Å². The van der Waals surface area contributed by atoms with Crippen molar-refractivity contribution in [2.45, 2.75) is 52.7 Å². The van der Waals surface area contributed by atoms with E-state index in [0.29, 0.717) is 11.0 Å². The maximum Gasteiger partial charge on any atom is 0.424 e. The van der Waals surface area contributed by atoms with Crippen LogP contribution in [-0.2, 0) is 9.47 Å². The molecule has 1 aromatic rings. The smallest absolute Gasteiger partial charge is 0.424 e. The Labute approximate surface area is 139 Å². The summed E-state index contributed by atoms with van der Waals surface area (Å²) >= 11 is 0. The van der Waals surface area contributed by atoms with Crippen molar-refractivity contribution in [1.29, 1.82) is 0 Å². The van der Waals surface area contributed by atoms with Crippen molar-refractivity contribution in [3.05, 3.63) is 23.8 Å². The summed E-state index contributed by atoms with van der Waals surface area (Å²) in [7, 11) is 0. The van der Waals surface area contributed by atoms with Crippen LogP contribution in [0, 0.1) is 11.6 Å². The van der Waals surface area contributed by atoms with Gasteiger partial charge in [0.25, 0.3) is 0 Å². The summed E-state index contributed by atoms with van der Waals surface area (Å²) in [6.07, 6.45) is -2.33. The Hall–Kier alpha value is -2.38. The number of carbonyl (C=O) groups is 2. The van der Waals surface area contributed by atoms with Crippen LogP contribution in [0.4, 0.5) is 29.7 Å². The molecular formula is C16H22F2N2O4. The van der Waals surface area contributed by atoms with Crippen LogP contribution in [0.5, 0.6) is 0 Å². The molecule has 0 fully saturated rings. The lowest BCUT2D eigenvalue weighted by molar-refractivity contribution is 0.0429. The molecule has 8 heteroatoms. The molecule has 0 atom stereocenters. The van der Waals surface area contributed by atoms with Gasteiger partial charge in [0, 0.05) is 6.07 Å². The van der Waals surface area contributed by atoms with Gasteiger partial charge in [0.05, 0.1) is 11.4 Å². The lowest BCUT2D eigenvalue weighted by Gasteiger charge is -2.28. The van der Waals surface area contributed by atoms with Gasteiger partial charge in [-0.05, 0) is 47.6 Å². The number of carbonyl (C=O) groups excluding carboxylic acids is 2. The van der Waals surface area contributed by atoms with Crippen LogP contribution >= 0.6 is 0 Å². The van der Waals surface area contributed by atoms with Crippen molar-refractivity contribution in [3.63, 3.8) is 0 Å². The third kappa shape index (κ3) is 5.36. The molecule has 0 heterocycles. The van der Waals surface area contributed by atoms with Gasteiger partial charge in [0.1, 0.15) is 17.0 Å². The number of hydrogen-bond donors (Lipinski definition) is 1. The standard InChI is InChI=1S/C16H22F2N2O4/c1-15(2,3)23-13(21)20(14(22)24-16(4,5)6)12-8-11(19)9(17)7-10(12)18/h7-8H,19H2,1-6H3. The average Bonchev–Trinajstić information content (AvgIpc) is 2.31. The van der Waals surface area contributed by atoms with Gasteiger partial charge in [-0.3, -0.25) is 0 Å². The van der Waals surface area contributed by atoms with Crippen molar-refractivity contribution in [3.8, 4) is 0 Å². The monoisotopic (exact) mass is 344 g/mol. The van der Waals surface area contributed by atoms with E-state index < -0.39 is 46.4 Å². The molecule has 2 N–H and O–H groups in total. The van der Waals surface area contributed by atoms with E-state index in [0.717, 1.165) is 6.07 Å². The number of amides is 2. The van der Waals surface area contributed by atoms with Crippen LogP contribution in [0.3, 0.4) is 0 Å². The van der Waals surface area contributed by atoms with Gasteiger partial charge < -0.3 is 15.2 Å². The Balaban J connectivity index is 3.36. The summed E-state index contributed by atoms with van der Waals surface area (Å²) in [6, 6.07) is 1.31. The highest BCUT2D eigenvalue weighted by Gasteiger charge is 2.34. The summed E-state index contributed by atoms with van der Waals surface area (Å²) < 4.78 is 37.7. The number of nitrogens with two attached hydrogens (primary N) is 1. The number of nitrogen functional groups attached to an aromatic ring is 1. The van der Waals surface area contributed by atoms with Crippen LogP contribution in [0.2, 0.25) is 0 Å². The minimum atomic E-state index is -1.17. The molecule has 134 valence electrons. The molecule has 0 aliphatic rings. The van der Waals surface area contributed by atoms with Gasteiger partial charge in [0.15, 0.2) is 5.82 Å². The first-order chi connectivity index (χ1) is 10.7. The zero-order valence-corrected chi connectivity index (χ0v) is 14.6. The maximum atomic E-state index is 14.1. The van der Waals surface area contributed by atoms with Gasteiger partial charge >= 0.3 is 12.2 Å². The molecule has 0 aliphatic heterocycles. The molecule has 0 aromatic heterocycles. The van der Waals surface area contributed by atoms with Crippen molar-refractivity contribution in [2.75, 3.05) is 10.6 Å². The minimum absolute atomic E-state index is 0.349. The number of imide groups is 1. The lowest BCUT2D eigenvalue weighted by atomic mass is 10.2. The Bertz CT molecular complexity index is 621. The zero-order chi connectivity index (χ0) is 18.9. The molecule has 0 spiro atoms. The second-order valence-corrected chi connectivity index (χ2v) is 7.12. The third-order valence-corrected chi connectivity index (χ3v) is 2.46. The predicted molar refractivity (Wildman–Crippen MR) is 85.7 cm³/mol. The summed E-state index contributed by atoms with van der Waals surface area (Å²) in [5.74, 6) is -2.16. The molecule has 0 aliphatic carbocycles. The molecule has 0 bridgehead atoms. The number of anilines is 2.